The second-order valence-corrected chi connectivity index (χ2v) is 8.43. The van der Waals surface area contributed by atoms with Crippen molar-refractivity contribution in [1.82, 2.24) is 9.97 Å². The molecule has 2 aromatic heterocycles. The molecule has 0 amide bonds. The first kappa shape index (κ1) is 19.7. The van der Waals surface area contributed by atoms with Crippen LogP contribution in [0.15, 0.2) is 54.9 Å². The number of aryl methyl sites for hydroxylation is 1. The number of ether oxygens (including phenoxy) is 1. The van der Waals surface area contributed by atoms with Crippen LogP contribution in [0, 0.1) is 6.92 Å². The summed E-state index contributed by atoms with van der Waals surface area (Å²) in [5.41, 5.74) is 3.21. The highest BCUT2D eigenvalue weighted by Crippen LogP contribution is 2.41. The molecule has 148 valence electrons. The molecule has 29 heavy (non-hydrogen) atoms. The van der Waals surface area contributed by atoms with Gasteiger partial charge in [0.15, 0.2) is 0 Å². The Labute approximate surface area is 179 Å². The van der Waals surface area contributed by atoms with Gasteiger partial charge in [0.25, 0.3) is 0 Å². The van der Waals surface area contributed by atoms with E-state index in [4.69, 9.17) is 16.3 Å². The second kappa shape index (κ2) is 8.80. The van der Waals surface area contributed by atoms with Gasteiger partial charge >= 0.3 is 0 Å². The highest BCUT2D eigenvalue weighted by atomic mass is 35.5. The van der Waals surface area contributed by atoms with Gasteiger partial charge in [0, 0.05) is 21.2 Å². The third-order valence-corrected chi connectivity index (χ3v) is 5.95. The van der Waals surface area contributed by atoms with Crippen LogP contribution in [-0.2, 0) is 0 Å². The SMILES string of the molecule is CCCCOc1ccc(Nc2ncnc3sc(C)c(-c4ccc(Cl)cc4)c23)cc1. The summed E-state index contributed by atoms with van der Waals surface area (Å²) >= 11 is 7.75. The van der Waals surface area contributed by atoms with Gasteiger partial charge in [-0.2, -0.15) is 0 Å². The van der Waals surface area contributed by atoms with E-state index in [1.807, 2.05) is 48.5 Å². The van der Waals surface area contributed by atoms with Crippen molar-refractivity contribution in [3.8, 4) is 16.9 Å². The third kappa shape index (κ3) is 4.36. The van der Waals surface area contributed by atoms with Gasteiger partial charge in [-0.05, 0) is 55.3 Å². The maximum Gasteiger partial charge on any atom is 0.143 e. The number of halogens is 1. The average Bonchev–Trinajstić information content (AvgIpc) is 3.07. The fraction of sp³-hybridized carbons (Fsp3) is 0.217. The number of hydrogen-bond acceptors (Lipinski definition) is 5. The molecule has 4 aromatic rings. The Morgan fingerprint density at radius 2 is 1.79 bits per heavy atom. The maximum absolute atomic E-state index is 6.08. The number of nitrogens with one attached hydrogen (secondary N) is 1. The molecule has 0 bridgehead atoms. The number of rotatable bonds is 7. The Bertz CT molecular complexity index is 1110. The molecule has 0 saturated carbocycles. The van der Waals surface area contributed by atoms with Crippen molar-refractivity contribution in [1.29, 1.82) is 0 Å². The summed E-state index contributed by atoms with van der Waals surface area (Å²) < 4.78 is 5.75. The zero-order chi connectivity index (χ0) is 20.2. The molecule has 0 fully saturated rings. The number of thiophene rings is 1. The van der Waals surface area contributed by atoms with Crippen LogP contribution in [0.4, 0.5) is 11.5 Å². The second-order valence-electron chi connectivity index (χ2n) is 6.79. The zero-order valence-electron chi connectivity index (χ0n) is 16.4. The molecule has 1 N–H and O–H groups in total. The average molecular weight is 424 g/mol. The van der Waals surface area contributed by atoms with E-state index in [0.717, 1.165) is 63.1 Å². The van der Waals surface area contributed by atoms with E-state index in [-0.39, 0.29) is 0 Å². The number of benzene rings is 2. The summed E-state index contributed by atoms with van der Waals surface area (Å²) in [5, 5.41) is 5.20. The topological polar surface area (TPSA) is 47.0 Å². The van der Waals surface area contributed by atoms with Crippen LogP contribution in [0.2, 0.25) is 5.02 Å². The third-order valence-electron chi connectivity index (χ3n) is 4.68. The molecule has 0 radical (unpaired) electrons. The van der Waals surface area contributed by atoms with E-state index in [0.29, 0.717) is 0 Å². The van der Waals surface area contributed by atoms with E-state index in [2.05, 4.69) is 29.1 Å². The number of hydrogen-bond donors (Lipinski definition) is 1. The Balaban J connectivity index is 1.67. The van der Waals surface area contributed by atoms with Crippen molar-refractivity contribution >= 4 is 44.7 Å². The molecular formula is C23H22ClN3OS. The number of fused-ring (bicyclic) bond motifs is 1. The molecule has 0 aliphatic heterocycles. The molecule has 0 unspecified atom stereocenters. The number of nitrogens with zero attached hydrogens (tertiary/aromatic N) is 2. The monoisotopic (exact) mass is 423 g/mol. The molecule has 0 aliphatic rings. The number of unbranched alkanes of at least 4 members (excludes halogenated alkanes) is 1. The van der Waals surface area contributed by atoms with Crippen molar-refractivity contribution in [2.75, 3.05) is 11.9 Å². The summed E-state index contributed by atoms with van der Waals surface area (Å²) in [4.78, 5) is 11.2. The van der Waals surface area contributed by atoms with Gasteiger partial charge in [-0.3, -0.25) is 0 Å². The Morgan fingerprint density at radius 1 is 1.03 bits per heavy atom. The lowest BCUT2D eigenvalue weighted by Gasteiger charge is -2.10. The minimum absolute atomic E-state index is 0.724. The fourth-order valence-electron chi connectivity index (χ4n) is 3.21. The van der Waals surface area contributed by atoms with Crippen LogP contribution in [0.3, 0.4) is 0 Å². The van der Waals surface area contributed by atoms with Crippen LogP contribution in [0.5, 0.6) is 5.75 Å². The summed E-state index contributed by atoms with van der Waals surface area (Å²) in [7, 11) is 0. The summed E-state index contributed by atoms with van der Waals surface area (Å²) in [6.45, 7) is 5.01. The van der Waals surface area contributed by atoms with Crippen LogP contribution in [0.25, 0.3) is 21.3 Å². The first-order valence-electron chi connectivity index (χ1n) is 9.65. The van der Waals surface area contributed by atoms with E-state index in [1.165, 1.54) is 4.88 Å². The van der Waals surface area contributed by atoms with Gasteiger partial charge in [0.05, 0.1) is 12.0 Å². The minimum atomic E-state index is 0.724. The van der Waals surface area contributed by atoms with Gasteiger partial charge in [0.2, 0.25) is 0 Å². The Morgan fingerprint density at radius 3 is 2.52 bits per heavy atom. The fourth-order valence-corrected chi connectivity index (χ4v) is 4.35. The zero-order valence-corrected chi connectivity index (χ0v) is 18.0. The van der Waals surface area contributed by atoms with Crippen molar-refractivity contribution in [3.05, 3.63) is 64.8 Å². The quantitative estimate of drug-likeness (QED) is 0.318. The van der Waals surface area contributed by atoms with Gasteiger partial charge in [-0.1, -0.05) is 37.1 Å². The highest BCUT2D eigenvalue weighted by molar-refractivity contribution is 7.19. The Kier molecular flexibility index (Phi) is 5.97. The molecule has 4 nitrogen and oxygen atoms in total. The lowest BCUT2D eigenvalue weighted by Crippen LogP contribution is -1.98. The summed E-state index contributed by atoms with van der Waals surface area (Å²) in [5.74, 6) is 1.68. The predicted octanol–water partition coefficient (Wildman–Crippen LogP) is 7.24. The van der Waals surface area contributed by atoms with Crippen LogP contribution in [-0.4, -0.2) is 16.6 Å². The minimum Gasteiger partial charge on any atom is -0.494 e. The van der Waals surface area contributed by atoms with Gasteiger partial charge in [-0.25, -0.2) is 9.97 Å². The molecule has 4 rings (SSSR count). The lowest BCUT2D eigenvalue weighted by molar-refractivity contribution is 0.309. The lowest BCUT2D eigenvalue weighted by atomic mass is 10.0. The maximum atomic E-state index is 6.08. The van der Waals surface area contributed by atoms with Crippen molar-refractivity contribution in [3.63, 3.8) is 0 Å². The van der Waals surface area contributed by atoms with Gasteiger partial charge < -0.3 is 10.1 Å². The number of anilines is 2. The highest BCUT2D eigenvalue weighted by Gasteiger charge is 2.17. The first-order chi connectivity index (χ1) is 14.2. The van der Waals surface area contributed by atoms with E-state index in [9.17, 15) is 0 Å². The normalized spacial score (nSPS) is 11.0. The molecule has 0 atom stereocenters. The summed E-state index contributed by atoms with van der Waals surface area (Å²) in [6, 6.07) is 15.9. The predicted molar refractivity (Wildman–Crippen MR) is 123 cm³/mol. The van der Waals surface area contributed by atoms with Crippen LogP contribution < -0.4 is 10.1 Å². The van der Waals surface area contributed by atoms with Gasteiger partial charge in [0.1, 0.15) is 22.7 Å². The summed E-state index contributed by atoms with van der Waals surface area (Å²) in [6.07, 6.45) is 3.79. The smallest absolute Gasteiger partial charge is 0.143 e. The van der Waals surface area contributed by atoms with Crippen LogP contribution >= 0.6 is 22.9 Å². The van der Waals surface area contributed by atoms with Crippen molar-refractivity contribution in [2.45, 2.75) is 26.7 Å². The van der Waals surface area contributed by atoms with E-state index < -0.39 is 0 Å². The van der Waals surface area contributed by atoms with Crippen molar-refractivity contribution < 1.29 is 4.74 Å². The molecule has 2 heterocycles. The standard InChI is InChI=1S/C23H22ClN3OS/c1-3-4-13-28-19-11-9-18(10-12-19)27-22-21-20(16-5-7-17(24)8-6-16)15(2)29-23(21)26-14-25-22/h5-12,14H,3-4,13H2,1-2H3,(H,25,26,27). The molecule has 2 aromatic carbocycles. The van der Waals surface area contributed by atoms with Crippen LogP contribution in [0.1, 0.15) is 24.6 Å². The molecule has 0 aliphatic carbocycles. The van der Waals surface area contributed by atoms with Crippen molar-refractivity contribution in [2.24, 2.45) is 0 Å². The molecule has 0 saturated heterocycles. The van der Waals surface area contributed by atoms with E-state index >= 15 is 0 Å². The van der Waals surface area contributed by atoms with E-state index in [1.54, 1.807) is 17.7 Å². The number of aromatic nitrogens is 2. The molecule has 0 spiro atoms. The largest absolute Gasteiger partial charge is 0.494 e. The molecule has 6 heteroatoms. The molecular weight excluding hydrogens is 402 g/mol. The first-order valence-corrected chi connectivity index (χ1v) is 10.8. The Hall–Kier alpha value is -2.63. The van der Waals surface area contributed by atoms with Gasteiger partial charge in [-0.15, -0.1) is 11.3 Å².